The Bertz CT molecular complexity index is 217. The van der Waals surface area contributed by atoms with Gasteiger partial charge in [0.1, 0.15) is 6.42 Å². The second-order valence-corrected chi connectivity index (χ2v) is 3.46. The molecule has 0 aromatic rings. The Hall–Kier alpha value is -1.10. The first-order valence-electron chi connectivity index (χ1n) is 4.34. The number of likely N-dealkylation sites (N-methyl/N-ethyl adjacent to an activating group) is 1. The Balaban J connectivity index is 2.24. The van der Waals surface area contributed by atoms with E-state index >= 15 is 0 Å². The van der Waals surface area contributed by atoms with Crippen LogP contribution in [0.4, 0.5) is 0 Å². The zero-order valence-electron chi connectivity index (χ0n) is 7.75. The molecule has 3 N–H and O–H groups in total. The highest BCUT2D eigenvalue weighted by Crippen LogP contribution is 2.05. The molecule has 1 saturated heterocycles. The SMILES string of the molecule is CN1CCC(NC(=O)CC(N)=O)C1. The highest BCUT2D eigenvalue weighted by molar-refractivity contribution is 5.96. The number of nitrogens with one attached hydrogen (secondary N) is 1. The fourth-order valence-electron chi connectivity index (χ4n) is 1.49. The van der Waals surface area contributed by atoms with Crippen molar-refractivity contribution in [3.8, 4) is 0 Å². The predicted molar refractivity (Wildman–Crippen MR) is 47.9 cm³/mol. The molecule has 5 nitrogen and oxygen atoms in total. The molecule has 13 heavy (non-hydrogen) atoms. The molecule has 1 heterocycles. The number of rotatable bonds is 3. The molecule has 1 fully saturated rings. The lowest BCUT2D eigenvalue weighted by molar-refractivity contribution is -0.128. The van der Waals surface area contributed by atoms with Crippen LogP contribution in [0.1, 0.15) is 12.8 Å². The van der Waals surface area contributed by atoms with E-state index < -0.39 is 5.91 Å². The number of hydrogen-bond donors (Lipinski definition) is 2. The van der Waals surface area contributed by atoms with Gasteiger partial charge in [-0.05, 0) is 20.0 Å². The van der Waals surface area contributed by atoms with Gasteiger partial charge in [-0.2, -0.15) is 0 Å². The molecule has 1 unspecified atom stereocenters. The quantitative estimate of drug-likeness (QED) is 0.536. The van der Waals surface area contributed by atoms with Crippen molar-refractivity contribution < 1.29 is 9.59 Å². The third-order valence-electron chi connectivity index (χ3n) is 2.09. The van der Waals surface area contributed by atoms with E-state index in [0.717, 1.165) is 19.5 Å². The van der Waals surface area contributed by atoms with Gasteiger partial charge in [0, 0.05) is 12.6 Å². The number of carbonyl (C=O) groups excluding carboxylic acids is 2. The van der Waals surface area contributed by atoms with Crippen LogP contribution in [0.2, 0.25) is 0 Å². The Morgan fingerprint density at radius 3 is 2.77 bits per heavy atom. The molecule has 1 aliphatic heterocycles. The number of nitrogens with zero attached hydrogens (tertiary/aromatic N) is 1. The maximum Gasteiger partial charge on any atom is 0.229 e. The minimum atomic E-state index is -0.580. The van der Waals surface area contributed by atoms with Gasteiger partial charge in [0.2, 0.25) is 11.8 Å². The lowest BCUT2D eigenvalue weighted by Gasteiger charge is -2.11. The van der Waals surface area contributed by atoms with E-state index in [1.807, 2.05) is 7.05 Å². The second-order valence-electron chi connectivity index (χ2n) is 3.46. The Kier molecular flexibility index (Phi) is 3.25. The summed E-state index contributed by atoms with van der Waals surface area (Å²) in [6.07, 6.45) is 0.737. The summed E-state index contributed by atoms with van der Waals surface area (Å²) in [7, 11) is 2.00. The molecule has 5 heteroatoms. The van der Waals surface area contributed by atoms with E-state index in [-0.39, 0.29) is 18.4 Å². The van der Waals surface area contributed by atoms with Crippen LogP contribution in [-0.2, 0) is 9.59 Å². The van der Waals surface area contributed by atoms with Gasteiger partial charge in [0.15, 0.2) is 0 Å². The summed E-state index contributed by atoms with van der Waals surface area (Å²) in [4.78, 5) is 23.6. The van der Waals surface area contributed by atoms with Crippen LogP contribution < -0.4 is 11.1 Å². The van der Waals surface area contributed by atoms with Gasteiger partial charge < -0.3 is 16.0 Å². The standard InChI is InChI=1S/C8H15N3O2/c1-11-3-2-6(5-11)10-8(13)4-7(9)12/h6H,2-5H2,1H3,(H2,9,12)(H,10,13). The fraction of sp³-hybridized carbons (Fsp3) is 0.750. The van der Waals surface area contributed by atoms with Gasteiger partial charge in [-0.3, -0.25) is 9.59 Å². The van der Waals surface area contributed by atoms with E-state index in [9.17, 15) is 9.59 Å². The van der Waals surface area contributed by atoms with Gasteiger partial charge in [-0.15, -0.1) is 0 Å². The molecule has 1 atom stereocenters. The van der Waals surface area contributed by atoms with Crippen LogP contribution in [0, 0.1) is 0 Å². The molecule has 74 valence electrons. The molecular formula is C8H15N3O2. The topological polar surface area (TPSA) is 75.4 Å². The summed E-state index contributed by atoms with van der Waals surface area (Å²) >= 11 is 0. The van der Waals surface area contributed by atoms with Crippen LogP contribution in [0.15, 0.2) is 0 Å². The van der Waals surface area contributed by atoms with Crippen molar-refractivity contribution in [3.63, 3.8) is 0 Å². The smallest absolute Gasteiger partial charge is 0.229 e. The van der Waals surface area contributed by atoms with E-state index in [2.05, 4.69) is 10.2 Å². The van der Waals surface area contributed by atoms with Crippen LogP contribution in [0.25, 0.3) is 0 Å². The Morgan fingerprint density at radius 1 is 1.62 bits per heavy atom. The molecule has 0 saturated carbocycles. The second kappa shape index (κ2) is 4.23. The highest BCUT2D eigenvalue weighted by atomic mass is 16.2. The molecular weight excluding hydrogens is 170 g/mol. The monoisotopic (exact) mass is 185 g/mol. The maximum atomic E-state index is 11.1. The van der Waals surface area contributed by atoms with Crippen LogP contribution >= 0.6 is 0 Å². The number of carbonyl (C=O) groups is 2. The third kappa shape index (κ3) is 3.42. The minimum Gasteiger partial charge on any atom is -0.369 e. The number of likely N-dealkylation sites (tertiary alicyclic amines) is 1. The normalized spacial score (nSPS) is 23.0. The van der Waals surface area contributed by atoms with Gasteiger partial charge in [-0.1, -0.05) is 0 Å². The van der Waals surface area contributed by atoms with Crippen molar-refractivity contribution in [3.05, 3.63) is 0 Å². The average Bonchev–Trinajstić information content (AvgIpc) is 2.33. The summed E-state index contributed by atoms with van der Waals surface area (Å²) in [5, 5.41) is 2.76. The molecule has 0 bridgehead atoms. The van der Waals surface area contributed by atoms with E-state index in [0.29, 0.717) is 0 Å². The zero-order valence-corrected chi connectivity index (χ0v) is 7.75. The van der Waals surface area contributed by atoms with Gasteiger partial charge in [0.05, 0.1) is 0 Å². The summed E-state index contributed by atoms with van der Waals surface area (Å²) in [5.74, 6) is -0.850. The first-order valence-corrected chi connectivity index (χ1v) is 4.34. The predicted octanol–water partition coefficient (Wildman–Crippen LogP) is -1.32. The molecule has 2 amide bonds. The van der Waals surface area contributed by atoms with Crippen molar-refractivity contribution in [2.45, 2.75) is 18.9 Å². The Morgan fingerprint density at radius 2 is 2.31 bits per heavy atom. The molecule has 0 radical (unpaired) electrons. The molecule has 0 aromatic carbocycles. The first-order chi connectivity index (χ1) is 6.08. The lowest BCUT2D eigenvalue weighted by Crippen LogP contribution is -2.38. The largest absolute Gasteiger partial charge is 0.369 e. The molecule has 1 rings (SSSR count). The molecule has 0 aliphatic carbocycles. The van der Waals surface area contributed by atoms with Gasteiger partial charge in [0.25, 0.3) is 0 Å². The van der Waals surface area contributed by atoms with Crippen molar-refractivity contribution in [2.75, 3.05) is 20.1 Å². The van der Waals surface area contributed by atoms with E-state index in [4.69, 9.17) is 5.73 Å². The molecule has 1 aliphatic rings. The van der Waals surface area contributed by atoms with Crippen molar-refractivity contribution in [1.29, 1.82) is 0 Å². The zero-order chi connectivity index (χ0) is 9.84. The molecule has 0 aromatic heterocycles. The van der Waals surface area contributed by atoms with Gasteiger partial charge >= 0.3 is 0 Å². The van der Waals surface area contributed by atoms with Crippen molar-refractivity contribution in [2.24, 2.45) is 5.73 Å². The number of hydrogen-bond acceptors (Lipinski definition) is 3. The van der Waals surface area contributed by atoms with Crippen LogP contribution in [0.5, 0.6) is 0 Å². The average molecular weight is 185 g/mol. The summed E-state index contributed by atoms with van der Waals surface area (Å²) < 4.78 is 0. The first kappa shape index (κ1) is 9.98. The van der Waals surface area contributed by atoms with Crippen LogP contribution in [0.3, 0.4) is 0 Å². The number of primary amides is 1. The van der Waals surface area contributed by atoms with Crippen molar-refractivity contribution >= 4 is 11.8 Å². The Labute approximate surface area is 77.3 Å². The summed E-state index contributed by atoms with van der Waals surface area (Å²) in [6.45, 7) is 1.84. The van der Waals surface area contributed by atoms with E-state index in [1.165, 1.54) is 0 Å². The fourth-order valence-corrected chi connectivity index (χ4v) is 1.49. The van der Waals surface area contributed by atoms with Gasteiger partial charge in [-0.25, -0.2) is 0 Å². The van der Waals surface area contributed by atoms with Crippen LogP contribution in [-0.4, -0.2) is 42.9 Å². The maximum absolute atomic E-state index is 11.1. The lowest BCUT2D eigenvalue weighted by atomic mass is 10.2. The number of amides is 2. The number of nitrogens with two attached hydrogens (primary N) is 1. The van der Waals surface area contributed by atoms with E-state index in [1.54, 1.807) is 0 Å². The minimum absolute atomic E-state index is 0.178. The summed E-state index contributed by atoms with van der Waals surface area (Å²) in [6, 6.07) is 0.178. The van der Waals surface area contributed by atoms with Crippen molar-refractivity contribution in [1.82, 2.24) is 10.2 Å². The summed E-state index contributed by atoms with van der Waals surface area (Å²) in [5.41, 5.74) is 4.88. The highest BCUT2D eigenvalue weighted by Gasteiger charge is 2.21. The third-order valence-corrected chi connectivity index (χ3v) is 2.09. The molecule has 0 spiro atoms.